The number of ether oxygens (including phenoxy) is 1. The van der Waals surface area contributed by atoms with Crippen molar-refractivity contribution in [3.05, 3.63) is 59.7 Å². The minimum Gasteiger partial charge on any atom is -0.494 e. The first-order chi connectivity index (χ1) is 14.3. The minimum absolute atomic E-state index is 0.290. The third-order valence-electron chi connectivity index (χ3n) is 4.81. The van der Waals surface area contributed by atoms with Crippen LogP contribution >= 0.6 is 0 Å². The molecule has 1 atom stereocenters. The summed E-state index contributed by atoms with van der Waals surface area (Å²) in [4.78, 5) is 12.8. The van der Waals surface area contributed by atoms with Gasteiger partial charge in [0.25, 0.3) is 0 Å². The Bertz CT molecular complexity index is 926. The topological polar surface area (TPSA) is 75.7 Å². The number of hydrogen-bond acceptors (Lipinski definition) is 4. The van der Waals surface area contributed by atoms with E-state index in [2.05, 4.69) is 5.32 Å². The lowest BCUT2D eigenvalue weighted by Crippen LogP contribution is -2.49. The van der Waals surface area contributed by atoms with Gasteiger partial charge in [-0.2, -0.15) is 0 Å². The molecule has 164 valence electrons. The number of sulfonamides is 1. The molecule has 30 heavy (non-hydrogen) atoms. The number of benzene rings is 2. The maximum Gasteiger partial charge on any atom is 0.243 e. The van der Waals surface area contributed by atoms with E-state index < -0.39 is 16.1 Å². The molecule has 0 fully saturated rings. The average molecular weight is 433 g/mol. The number of rotatable bonds is 11. The molecule has 0 saturated heterocycles. The molecule has 2 aromatic carbocycles. The highest BCUT2D eigenvalue weighted by molar-refractivity contribution is 7.92. The van der Waals surface area contributed by atoms with Gasteiger partial charge >= 0.3 is 0 Å². The molecule has 2 rings (SSSR count). The zero-order valence-electron chi connectivity index (χ0n) is 18.2. The molecule has 0 radical (unpaired) electrons. The van der Waals surface area contributed by atoms with Crippen molar-refractivity contribution in [3.63, 3.8) is 0 Å². The number of carbonyl (C=O) groups excluding carboxylic acids is 1. The molecule has 0 aliphatic carbocycles. The Labute approximate surface area is 180 Å². The van der Waals surface area contributed by atoms with E-state index in [1.54, 1.807) is 12.1 Å². The average Bonchev–Trinajstić information content (AvgIpc) is 2.70. The van der Waals surface area contributed by atoms with Gasteiger partial charge < -0.3 is 10.1 Å². The summed E-state index contributed by atoms with van der Waals surface area (Å²) in [5.74, 6) is 0.571. The molecule has 0 heterocycles. The number of aryl methyl sites for hydroxylation is 2. The van der Waals surface area contributed by atoms with Gasteiger partial charge in [-0.1, -0.05) is 42.8 Å². The lowest BCUT2D eigenvalue weighted by molar-refractivity contribution is -0.122. The molecular formula is C23H32N2O4S. The van der Waals surface area contributed by atoms with Gasteiger partial charge in [-0.25, -0.2) is 8.42 Å². The Morgan fingerprint density at radius 2 is 1.77 bits per heavy atom. The van der Waals surface area contributed by atoms with E-state index in [1.807, 2.05) is 57.2 Å². The number of nitrogens with zero attached hydrogens (tertiary/aromatic N) is 1. The van der Waals surface area contributed by atoms with Gasteiger partial charge in [-0.3, -0.25) is 9.10 Å². The van der Waals surface area contributed by atoms with Crippen molar-refractivity contribution >= 4 is 21.6 Å². The number of nitrogens with one attached hydrogen (secondary N) is 1. The molecule has 6 nitrogen and oxygen atoms in total. The summed E-state index contributed by atoms with van der Waals surface area (Å²) in [5, 5.41) is 2.90. The lowest BCUT2D eigenvalue weighted by Gasteiger charge is -2.30. The predicted octanol–water partition coefficient (Wildman–Crippen LogP) is 3.69. The van der Waals surface area contributed by atoms with Gasteiger partial charge in [0.15, 0.2) is 0 Å². The first-order valence-electron chi connectivity index (χ1n) is 10.3. The molecule has 0 aliphatic rings. The summed E-state index contributed by atoms with van der Waals surface area (Å²) < 4.78 is 31.8. The van der Waals surface area contributed by atoms with Crippen molar-refractivity contribution in [1.82, 2.24) is 5.32 Å². The van der Waals surface area contributed by atoms with Crippen LogP contribution in [0.15, 0.2) is 48.5 Å². The minimum atomic E-state index is -3.62. The molecular weight excluding hydrogens is 400 g/mol. The van der Waals surface area contributed by atoms with E-state index in [0.29, 0.717) is 25.3 Å². The van der Waals surface area contributed by atoms with Gasteiger partial charge in [-0.15, -0.1) is 0 Å². The van der Waals surface area contributed by atoms with Crippen molar-refractivity contribution in [2.75, 3.05) is 23.7 Å². The monoisotopic (exact) mass is 432 g/mol. The smallest absolute Gasteiger partial charge is 0.243 e. The second kappa shape index (κ2) is 11.0. The summed E-state index contributed by atoms with van der Waals surface area (Å²) in [6.07, 6.45) is 3.00. The van der Waals surface area contributed by atoms with Gasteiger partial charge in [0, 0.05) is 6.54 Å². The van der Waals surface area contributed by atoms with E-state index in [4.69, 9.17) is 4.74 Å². The van der Waals surface area contributed by atoms with Crippen LogP contribution in [0.2, 0.25) is 0 Å². The Morgan fingerprint density at radius 1 is 1.10 bits per heavy atom. The van der Waals surface area contributed by atoms with Crippen LogP contribution in [0.1, 0.15) is 37.8 Å². The Hall–Kier alpha value is -2.54. The van der Waals surface area contributed by atoms with Crippen LogP contribution in [0, 0.1) is 6.92 Å². The fourth-order valence-corrected chi connectivity index (χ4v) is 4.58. The number of para-hydroxylation sites is 1. The predicted molar refractivity (Wildman–Crippen MR) is 122 cm³/mol. The van der Waals surface area contributed by atoms with Gasteiger partial charge in [0.05, 0.1) is 18.6 Å². The molecule has 0 bridgehead atoms. The molecule has 7 heteroatoms. The van der Waals surface area contributed by atoms with Gasteiger partial charge in [0.1, 0.15) is 11.8 Å². The highest BCUT2D eigenvalue weighted by Crippen LogP contribution is 2.23. The largest absolute Gasteiger partial charge is 0.494 e. The van der Waals surface area contributed by atoms with Crippen LogP contribution in [-0.2, 0) is 21.2 Å². The van der Waals surface area contributed by atoms with Crippen molar-refractivity contribution in [1.29, 1.82) is 0 Å². The second-order valence-electron chi connectivity index (χ2n) is 7.25. The molecule has 2 aromatic rings. The summed E-state index contributed by atoms with van der Waals surface area (Å²) in [6, 6.07) is 14.2. The number of amides is 1. The van der Waals surface area contributed by atoms with Crippen molar-refractivity contribution in [2.24, 2.45) is 0 Å². The molecule has 0 aliphatic heterocycles. The molecule has 0 spiro atoms. The number of hydrogen-bond donors (Lipinski definition) is 1. The summed E-state index contributed by atoms with van der Waals surface area (Å²) in [6.45, 7) is 6.76. The maximum atomic E-state index is 12.8. The van der Waals surface area contributed by atoms with Crippen LogP contribution in [0.4, 0.5) is 5.69 Å². The van der Waals surface area contributed by atoms with Crippen LogP contribution < -0.4 is 14.4 Å². The Kier molecular flexibility index (Phi) is 8.72. The summed E-state index contributed by atoms with van der Waals surface area (Å²) in [7, 11) is -3.62. The molecule has 0 aromatic heterocycles. The summed E-state index contributed by atoms with van der Waals surface area (Å²) in [5.41, 5.74) is 2.62. The lowest BCUT2D eigenvalue weighted by atomic mass is 10.1. The molecule has 1 amide bonds. The van der Waals surface area contributed by atoms with E-state index in [0.717, 1.165) is 36.0 Å². The zero-order valence-corrected chi connectivity index (χ0v) is 19.0. The SMILES string of the molecule is CCOc1ccccc1CCCNC(=O)C(CC)N(c1ccc(C)cc1)S(C)(=O)=O. The Balaban J connectivity index is 2.03. The van der Waals surface area contributed by atoms with E-state index in [9.17, 15) is 13.2 Å². The fourth-order valence-electron chi connectivity index (χ4n) is 3.37. The third kappa shape index (κ3) is 6.49. The van der Waals surface area contributed by atoms with Crippen molar-refractivity contribution < 1.29 is 17.9 Å². The summed E-state index contributed by atoms with van der Waals surface area (Å²) >= 11 is 0. The third-order valence-corrected chi connectivity index (χ3v) is 5.99. The van der Waals surface area contributed by atoms with E-state index in [-0.39, 0.29) is 5.91 Å². The maximum absolute atomic E-state index is 12.8. The van der Waals surface area contributed by atoms with Crippen LogP contribution in [0.25, 0.3) is 0 Å². The van der Waals surface area contributed by atoms with Crippen LogP contribution in [0.5, 0.6) is 5.75 Å². The Morgan fingerprint density at radius 3 is 2.37 bits per heavy atom. The van der Waals surface area contributed by atoms with E-state index in [1.165, 1.54) is 4.31 Å². The molecule has 1 unspecified atom stereocenters. The fraction of sp³-hybridized carbons (Fsp3) is 0.435. The van der Waals surface area contributed by atoms with E-state index >= 15 is 0 Å². The second-order valence-corrected chi connectivity index (χ2v) is 9.11. The first kappa shape index (κ1) is 23.7. The highest BCUT2D eigenvalue weighted by atomic mass is 32.2. The standard InChI is InChI=1S/C23H32N2O4S/c1-5-21(25(30(4,27)28)20-15-13-18(3)14-16-20)23(26)24-17-9-11-19-10-7-8-12-22(19)29-6-2/h7-8,10,12-16,21H,5-6,9,11,17H2,1-4H3,(H,24,26). The van der Waals surface area contributed by atoms with Gasteiger partial charge in [-0.05, 0) is 56.9 Å². The van der Waals surface area contributed by atoms with Crippen LogP contribution in [0.3, 0.4) is 0 Å². The first-order valence-corrected chi connectivity index (χ1v) is 12.2. The van der Waals surface area contributed by atoms with Crippen LogP contribution in [-0.4, -0.2) is 39.8 Å². The molecule has 0 saturated carbocycles. The number of anilines is 1. The highest BCUT2D eigenvalue weighted by Gasteiger charge is 2.31. The zero-order chi connectivity index (χ0) is 22.1. The molecule has 1 N–H and O–H groups in total. The number of carbonyl (C=O) groups is 1. The van der Waals surface area contributed by atoms with Crippen molar-refractivity contribution in [3.8, 4) is 5.75 Å². The van der Waals surface area contributed by atoms with Crippen molar-refractivity contribution in [2.45, 2.75) is 46.1 Å². The quantitative estimate of drug-likeness (QED) is 0.550. The van der Waals surface area contributed by atoms with Gasteiger partial charge in [0.2, 0.25) is 15.9 Å². The normalized spacial score (nSPS) is 12.3.